The van der Waals surface area contributed by atoms with E-state index in [2.05, 4.69) is 5.10 Å². The van der Waals surface area contributed by atoms with Gasteiger partial charge in [-0.2, -0.15) is 5.10 Å². The summed E-state index contributed by atoms with van der Waals surface area (Å²) >= 11 is 1.60. The number of nitrogen functional groups attached to an aromatic ring is 1. The Balaban J connectivity index is 2.56. The smallest absolute Gasteiger partial charge is 0.333 e. The van der Waals surface area contributed by atoms with Crippen LogP contribution in [0.5, 0.6) is 0 Å². The zero-order chi connectivity index (χ0) is 14.2. The molecule has 7 heteroatoms. The minimum Gasteiger partial charge on any atom is -0.378 e. The van der Waals surface area contributed by atoms with Gasteiger partial charge in [0.1, 0.15) is 5.69 Å². The highest BCUT2D eigenvalue weighted by atomic mass is 32.1. The molecule has 0 saturated carbocycles. The lowest BCUT2D eigenvalue weighted by Gasteiger charge is -2.20. The molecule has 0 spiro atoms. The zero-order valence-corrected chi connectivity index (χ0v) is 11.8. The standard InChI is InChI=1S/C12H16N4O2S/c1-7(2)10(9-5-4-6-19-9)15-12(13)11(16(17)18)8(3)14-15/h4-7,10H,13H2,1-3H3. The Morgan fingerprint density at radius 2 is 2.21 bits per heavy atom. The van der Waals surface area contributed by atoms with Crippen molar-refractivity contribution < 1.29 is 4.92 Å². The topological polar surface area (TPSA) is 87.0 Å². The quantitative estimate of drug-likeness (QED) is 0.689. The van der Waals surface area contributed by atoms with E-state index < -0.39 is 4.92 Å². The third-order valence-electron chi connectivity index (χ3n) is 3.00. The number of hydrogen-bond acceptors (Lipinski definition) is 5. The minimum absolute atomic E-state index is 0.0765. The van der Waals surface area contributed by atoms with E-state index in [1.165, 1.54) is 0 Å². The van der Waals surface area contributed by atoms with E-state index in [1.807, 2.05) is 31.4 Å². The van der Waals surface area contributed by atoms with Crippen molar-refractivity contribution in [2.45, 2.75) is 26.8 Å². The van der Waals surface area contributed by atoms with Crippen LogP contribution < -0.4 is 5.73 Å². The average Bonchev–Trinajstić information content (AvgIpc) is 2.88. The highest BCUT2D eigenvalue weighted by molar-refractivity contribution is 7.10. The van der Waals surface area contributed by atoms with Crippen LogP contribution in [0.1, 0.15) is 30.5 Å². The molecule has 0 aliphatic carbocycles. The molecule has 6 nitrogen and oxygen atoms in total. The second kappa shape index (κ2) is 5.00. The molecule has 0 aliphatic heterocycles. The van der Waals surface area contributed by atoms with Crippen molar-refractivity contribution in [1.29, 1.82) is 0 Å². The van der Waals surface area contributed by atoms with Gasteiger partial charge in [0.05, 0.1) is 11.0 Å². The summed E-state index contributed by atoms with van der Waals surface area (Å²) in [6.07, 6.45) is 0. The first-order valence-corrected chi connectivity index (χ1v) is 6.83. The van der Waals surface area contributed by atoms with Crippen molar-refractivity contribution >= 4 is 22.8 Å². The fourth-order valence-electron chi connectivity index (χ4n) is 2.19. The third kappa shape index (κ3) is 2.33. The lowest BCUT2D eigenvalue weighted by Crippen LogP contribution is -2.19. The normalized spacial score (nSPS) is 12.8. The number of nitrogens with two attached hydrogens (primary N) is 1. The molecule has 2 heterocycles. The van der Waals surface area contributed by atoms with Gasteiger partial charge in [-0.3, -0.25) is 10.1 Å². The summed E-state index contributed by atoms with van der Waals surface area (Å²) < 4.78 is 1.57. The van der Waals surface area contributed by atoms with E-state index in [4.69, 9.17) is 5.73 Å². The first kappa shape index (κ1) is 13.5. The summed E-state index contributed by atoms with van der Waals surface area (Å²) in [6.45, 7) is 5.70. The van der Waals surface area contributed by atoms with E-state index >= 15 is 0 Å². The highest BCUT2D eigenvalue weighted by Gasteiger charge is 2.29. The van der Waals surface area contributed by atoms with Crippen LogP contribution >= 0.6 is 11.3 Å². The molecule has 0 radical (unpaired) electrons. The van der Waals surface area contributed by atoms with Crippen LogP contribution in [0.3, 0.4) is 0 Å². The van der Waals surface area contributed by atoms with Gasteiger partial charge in [-0.1, -0.05) is 19.9 Å². The van der Waals surface area contributed by atoms with E-state index in [-0.39, 0.29) is 23.5 Å². The molecule has 2 rings (SSSR count). The Morgan fingerprint density at radius 3 is 2.63 bits per heavy atom. The van der Waals surface area contributed by atoms with Crippen LogP contribution in [0, 0.1) is 23.0 Å². The SMILES string of the molecule is Cc1nn(C(c2cccs2)C(C)C)c(N)c1[N+](=O)[O-]. The Labute approximate surface area is 115 Å². The van der Waals surface area contributed by atoms with Gasteiger partial charge < -0.3 is 5.73 Å². The highest BCUT2D eigenvalue weighted by Crippen LogP contribution is 2.35. The molecule has 0 aromatic carbocycles. The molecule has 102 valence electrons. The van der Waals surface area contributed by atoms with Crippen molar-refractivity contribution in [3.8, 4) is 0 Å². The number of aromatic nitrogens is 2. The van der Waals surface area contributed by atoms with Gasteiger partial charge in [0.2, 0.25) is 5.82 Å². The predicted molar refractivity (Wildman–Crippen MR) is 75.3 cm³/mol. The Morgan fingerprint density at radius 1 is 1.53 bits per heavy atom. The van der Waals surface area contributed by atoms with E-state index in [1.54, 1.807) is 22.9 Å². The number of rotatable bonds is 4. The number of anilines is 1. The summed E-state index contributed by atoms with van der Waals surface area (Å²) in [6, 6.07) is 3.88. The van der Waals surface area contributed by atoms with Gasteiger partial charge >= 0.3 is 5.69 Å². The molecule has 0 amide bonds. The Bertz CT molecular complexity index is 589. The van der Waals surface area contributed by atoms with Crippen LogP contribution in [0.4, 0.5) is 11.5 Å². The second-order valence-electron chi connectivity index (χ2n) is 4.73. The zero-order valence-electron chi connectivity index (χ0n) is 11.0. The molecule has 19 heavy (non-hydrogen) atoms. The Hall–Kier alpha value is -1.89. The maximum absolute atomic E-state index is 11.0. The molecule has 2 aromatic heterocycles. The largest absolute Gasteiger partial charge is 0.378 e. The second-order valence-corrected chi connectivity index (χ2v) is 5.70. The predicted octanol–water partition coefficient (Wildman–Crippen LogP) is 2.99. The fraction of sp³-hybridized carbons (Fsp3) is 0.417. The van der Waals surface area contributed by atoms with Crippen LogP contribution in [-0.2, 0) is 0 Å². The van der Waals surface area contributed by atoms with E-state index in [0.29, 0.717) is 5.69 Å². The molecule has 2 N–H and O–H groups in total. The maximum Gasteiger partial charge on any atom is 0.333 e. The first-order chi connectivity index (χ1) is 8.93. The van der Waals surface area contributed by atoms with Crippen molar-refractivity contribution in [1.82, 2.24) is 9.78 Å². The lowest BCUT2D eigenvalue weighted by atomic mass is 10.0. The number of thiophene rings is 1. The van der Waals surface area contributed by atoms with Gasteiger partial charge in [-0.25, -0.2) is 4.68 Å². The summed E-state index contributed by atoms with van der Waals surface area (Å²) in [7, 11) is 0. The molecule has 1 atom stereocenters. The van der Waals surface area contributed by atoms with Crippen molar-refractivity contribution in [2.24, 2.45) is 5.92 Å². The van der Waals surface area contributed by atoms with Gasteiger partial charge in [-0.05, 0) is 24.3 Å². The molecule has 1 unspecified atom stereocenters. The molecular weight excluding hydrogens is 264 g/mol. The molecule has 0 aliphatic rings. The molecule has 2 aromatic rings. The van der Waals surface area contributed by atoms with E-state index in [9.17, 15) is 10.1 Å². The van der Waals surface area contributed by atoms with Crippen molar-refractivity contribution in [3.05, 3.63) is 38.2 Å². The number of nitrogens with zero attached hydrogens (tertiary/aromatic N) is 3. The molecule has 0 fully saturated rings. The monoisotopic (exact) mass is 280 g/mol. The minimum atomic E-state index is -0.472. The van der Waals surface area contributed by atoms with Crippen LogP contribution in [-0.4, -0.2) is 14.7 Å². The summed E-state index contributed by atoms with van der Waals surface area (Å²) in [4.78, 5) is 11.6. The van der Waals surface area contributed by atoms with Crippen LogP contribution in [0.25, 0.3) is 0 Å². The lowest BCUT2D eigenvalue weighted by molar-refractivity contribution is -0.384. The summed E-state index contributed by atoms with van der Waals surface area (Å²) in [5, 5.41) is 17.3. The van der Waals surface area contributed by atoms with E-state index in [0.717, 1.165) is 4.88 Å². The molecule has 0 saturated heterocycles. The third-order valence-corrected chi connectivity index (χ3v) is 3.95. The number of hydrogen-bond donors (Lipinski definition) is 1. The van der Waals surface area contributed by atoms with Crippen LogP contribution in [0.15, 0.2) is 17.5 Å². The van der Waals surface area contributed by atoms with Gasteiger partial charge in [0.25, 0.3) is 0 Å². The van der Waals surface area contributed by atoms with Gasteiger partial charge in [0, 0.05) is 4.88 Å². The van der Waals surface area contributed by atoms with Crippen molar-refractivity contribution in [3.63, 3.8) is 0 Å². The average molecular weight is 280 g/mol. The summed E-state index contributed by atoms with van der Waals surface area (Å²) in [5.41, 5.74) is 6.17. The Kier molecular flexibility index (Phi) is 3.57. The number of aryl methyl sites for hydroxylation is 1. The number of nitro groups is 1. The van der Waals surface area contributed by atoms with Gasteiger partial charge in [-0.15, -0.1) is 11.3 Å². The molecule has 0 bridgehead atoms. The first-order valence-electron chi connectivity index (χ1n) is 5.95. The fourth-order valence-corrected chi connectivity index (χ4v) is 3.17. The maximum atomic E-state index is 11.0. The molecular formula is C12H16N4O2S. The van der Waals surface area contributed by atoms with Crippen LogP contribution in [0.2, 0.25) is 0 Å². The summed E-state index contributed by atoms with van der Waals surface area (Å²) in [5.74, 6) is 0.356. The van der Waals surface area contributed by atoms with Gasteiger partial charge in [0.15, 0.2) is 0 Å². The van der Waals surface area contributed by atoms with Crippen molar-refractivity contribution in [2.75, 3.05) is 5.73 Å².